The van der Waals surface area contributed by atoms with E-state index in [2.05, 4.69) is 30.9 Å². The van der Waals surface area contributed by atoms with Crippen LogP contribution in [0.5, 0.6) is 5.75 Å². The van der Waals surface area contributed by atoms with E-state index >= 15 is 0 Å². The van der Waals surface area contributed by atoms with Crippen LogP contribution in [0.15, 0.2) is 12.1 Å². The Morgan fingerprint density at radius 3 is 2.25 bits per heavy atom. The summed E-state index contributed by atoms with van der Waals surface area (Å²) in [7, 11) is 3.71. The molecule has 0 aliphatic rings. The van der Waals surface area contributed by atoms with Crippen LogP contribution in [0.1, 0.15) is 16.7 Å². The third-order valence-corrected chi connectivity index (χ3v) is 2.66. The van der Waals surface area contributed by atoms with E-state index in [0.29, 0.717) is 6.54 Å². The molecule has 1 aromatic carbocycles. The lowest BCUT2D eigenvalue weighted by Gasteiger charge is -2.17. The number of rotatable bonds is 5. The fraction of sp³-hybridized carbons (Fsp3) is 0.538. The minimum atomic E-state index is 0.199. The lowest BCUT2D eigenvalue weighted by molar-refractivity contribution is 0.217. The van der Waals surface area contributed by atoms with E-state index in [9.17, 15) is 0 Å². The molecule has 0 bridgehead atoms. The smallest absolute Gasteiger partial charge is 0.124 e. The maximum atomic E-state index is 8.84. The highest BCUT2D eigenvalue weighted by Crippen LogP contribution is 2.24. The lowest BCUT2D eigenvalue weighted by atomic mass is 10.1. The number of aliphatic hydroxyl groups excluding tert-OH is 1. The Balaban J connectivity index is 2.83. The molecule has 0 aliphatic heterocycles. The number of likely N-dealkylation sites (N-methyl/N-ethyl adjacent to an activating group) is 1. The van der Waals surface area contributed by atoms with Gasteiger partial charge in [-0.2, -0.15) is 0 Å². The Kier molecular flexibility index (Phi) is 4.77. The van der Waals surface area contributed by atoms with Crippen LogP contribution in [0.3, 0.4) is 0 Å². The summed E-state index contributed by atoms with van der Waals surface area (Å²) in [5, 5.41) is 8.84. The van der Waals surface area contributed by atoms with Gasteiger partial charge < -0.3 is 9.84 Å². The van der Waals surface area contributed by atoms with Crippen molar-refractivity contribution in [2.45, 2.75) is 20.4 Å². The average Bonchev–Trinajstić information content (AvgIpc) is 2.17. The fourth-order valence-corrected chi connectivity index (χ4v) is 2.01. The molecular formula is C13H21NO2. The molecule has 0 aliphatic carbocycles. The standard InChI is InChI=1S/C13H21NO2/c1-10-7-12(9-14(3)5-6-15)8-11(2)13(10)16-4/h7-8,15H,5-6,9H2,1-4H3. The summed E-state index contributed by atoms with van der Waals surface area (Å²) < 4.78 is 5.33. The van der Waals surface area contributed by atoms with Crippen molar-refractivity contribution >= 4 is 0 Å². The van der Waals surface area contributed by atoms with Crippen molar-refractivity contribution in [3.8, 4) is 5.75 Å². The summed E-state index contributed by atoms with van der Waals surface area (Å²) in [5.41, 5.74) is 3.58. The monoisotopic (exact) mass is 223 g/mol. The molecule has 0 heterocycles. The highest BCUT2D eigenvalue weighted by Gasteiger charge is 2.06. The Morgan fingerprint density at radius 2 is 1.81 bits per heavy atom. The first-order chi connectivity index (χ1) is 7.58. The molecule has 0 unspecified atom stereocenters. The molecule has 1 aromatic rings. The van der Waals surface area contributed by atoms with Crippen LogP contribution < -0.4 is 4.74 Å². The lowest BCUT2D eigenvalue weighted by Crippen LogP contribution is -2.21. The van der Waals surface area contributed by atoms with E-state index in [0.717, 1.165) is 23.4 Å². The average molecular weight is 223 g/mol. The molecule has 0 saturated carbocycles. The van der Waals surface area contributed by atoms with Gasteiger partial charge in [-0.25, -0.2) is 0 Å². The van der Waals surface area contributed by atoms with Gasteiger partial charge in [0.15, 0.2) is 0 Å². The van der Waals surface area contributed by atoms with Gasteiger partial charge in [0.25, 0.3) is 0 Å². The topological polar surface area (TPSA) is 32.7 Å². The van der Waals surface area contributed by atoms with Crippen molar-refractivity contribution in [3.05, 3.63) is 28.8 Å². The van der Waals surface area contributed by atoms with Crippen molar-refractivity contribution in [2.75, 3.05) is 27.3 Å². The Morgan fingerprint density at radius 1 is 1.25 bits per heavy atom. The number of nitrogens with zero attached hydrogens (tertiary/aromatic N) is 1. The van der Waals surface area contributed by atoms with Gasteiger partial charge in [0.05, 0.1) is 13.7 Å². The van der Waals surface area contributed by atoms with Crippen LogP contribution in [0.4, 0.5) is 0 Å². The third-order valence-electron chi connectivity index (χ3n) is 2.66. The maximum Gasteiger partial charge on any atom is 0.124 e. The highest BCUT2D eigenvalue weighted by molar-refractivity contribution is 5.43. The molecular weight excluding hydrogens is 202 g/mol. The van der Waals surface area contributed by atoms with Gasteiger partial charge in [0.1, 0.15) is 5.75 Å². The van der Waals surface area contributed by atoms with Crippen molar-refractivity contribution in [3.63, 3.8) is 0 Å². The van der Waals surface area contributed by atoms with Gasteiger partial charge in [-0.05, 0) is 37.6 Å². The Hall–Kier alpha value is -1.06. The van der Waals surface area contributed by atoms with E-state index in [1.54, 1.807) is 7.11 Å². The summed E-state index contributed by atoms with van der Waals surface area (Å²) in [6, 6.07) is 4.28. The number of hydrogen-bond acceptors (Lipinski definition) is 3. The molecule has 0 atom stereocenters. The Bertz CT molecular complexity index is 327. The van der Waals surface area contributed by atoms with Gasteiger partial charge in [0.2, 0.25) is 0 Å². The van der Waals surface area contributed by atoms with E-state index in [1.165, 1.54) is 5.56 Å². The molecule has 1 N–H and O–H groups in total. The number of ether oxygens (including phenoxy) is 1. The number of aryl methyl sites for hydroxylation is 2. The summed E-state index contributed by atoms with van der Waals surface area (Å²) in [6.45, 7) is 5.86. The highest BCUT2D eigenvalue weighted by atomic mass is 16.5. The molecule has 0 fully saturated rings. The number of aliphatic hydroxyl groups is 1. The third kappa shape index (κ3) is 3.22. The first-order valence-corrected chi connectivity index (χ1v) is 5.52. The van der Waals surface area contributed by atoms with Crippen molar-refractivity contribution in [2.24, 2.45) is 0 Å². The summed E-state index contributed by atoms with van der Waals surface area (Å²) >= 11 is 0. The number of hydrogen-bond donors (Lipinski definition) is 1. The molecule has 0 radical (unpaired) electrons. The summed E-state index contributed by atoms with van der Waals surface area (Å²) in [6.07, 6.45) is 0. The van der Waals surface area contributed by atoms with Crippen LogP contribution in [0.2, 0.25) is 0 Å². The van der Waals surface area contributed by atoms with E-state index in [4.69, 9.17) is 9.84 Å². The van der Waals surface area contributed by atoms with Gasteiger partial charge in [0, 0.05) is 13.1 Å². The van der Waals surface area contributed by atoms with Gasteiger partial charge in [-0.15, -0.1) is 0 Å². The van der Waals surface area contributed by atoms with Crippen molar-refractivity contribution in [1.29, 1.82) is 0 Å². The maximum absolute atomic E-state index is 8.84. The van der Waals surface area contributed by atoms with Crippen LogP contribution in [-0.4, -0.2) is 37.3 Å². The second-order valence-corrected chi connectivity index (χ2v) is 4.22. The first-order valence-electron chi connectivity index (χ1n) is 5.52. The van der Waals surface area contributed by atoms with Crippen molar-refractivity contribution in [1.82, 2.24) is 4.90 Å². The van der Waals surface area contributed by atoms with Crippen LogP contribution in [0.25, 0.3) is 0 Å². The van der Waals surface area contributed by atoms with Crippen LogP contribution in [0, 0.1) is 13.8 Å². The zero-order valence-corrected chi connectivity index (χ0v) is 10.6. The second kappa shape index (κ2) is 5.87. The van der Waals surface area contributed by atoms with Crippen LogP contribution in [-0.2, 0) is 6.54 Å². The van der Waals surface area contributed by atoms with Gasteiger partial charge >= 0.3 is 0 Å². The second-order valence-electron chi connectivity index (χ2n) is 4.22. The molecule has 1 rings (SSSR count). The molecule has 16 heavy (non-hydrogen) atoms. The quantitative estimate of drug-likeness (QED) is 0.825. The zero-order valence-electron chi connectivity index (χ0n) is 10.6. The molecule has 3 heteroatoms. The predicted molar refractivity (Wildman–Crippen MR) is 65.9 cm³/mol. The van der Waals surface area contributed by atoms with E-state index in [-0.39, 0.29) is 6.61 Å². The summed E-state index contributed by atoms with van der Waals surface area (Å²) in [4.78, 5) is 2.10. The first kappa shape index (κ1) is 13.0. The zero-order chi connectivity index (χ0) is 12.1. The largest absolute Gasteiger partial charge is 0.496 e. The fourth-order valence-electron chi connectivity index (χ4n) is 2.01. The molecule has 0 saturated heterocycles. The van der Waals surface area contributed by atoms with Crippen molar-refractivity contribution < 1.29 is 9.84 Å². The van der Waals surface area contributed by atoms with E-state index in [1.807, 2.05) is 7.05 Å². The van der Waals surface area contributed by atoms with Crippen LogP contribution >= 0.6 is 0 Å². The molecule has 3 nitrogen and oxygen atoms in total. The van der Waals surface area contributed by atoms with Gasteiger partial charge in [-0.1, -0.05) is 12.1 Å². The minimum Gasteiger partial charge on any atom is -0.496 e. The predicted octanol–water partition coefficient (Wildman–Crippen LogP) is 1.74. The summed E-state index contributed by atoms with van der Waals surface area (Å²) in [5.74, 6) is 0.966. The minimum absolute atomic E-state index is 0.199. The SMILES string of the molecule is COc1c(C)cc(CN(C)CCO)cc1C. The Labute approximate surface area is 97.7 Å². The number of methoxy groups -OCH3 is 1. The normalized spacial score (nSPS) is 10.9. The molecule has 90 valence electrons. The van der Waals surface area contributed by atoms with E-state index < -0.39 is 0 Å². The molecule has 0 spiro atoms. The van der Waals surface area contributed by atoms with Gasteiger partial charge in [-0.3, -0.25) is 4.90 Å². The molecule has 0 amide bonds. The number of benzene rings is 1. The molecule has 0 aromatic heterocycles.